The third kappa shape index (κ3) is 5.37. The molecule has 0 aromatic heterocycles. The molecule has 0 fully saturated rings. The van der Waals surface area contributed by atoms with Crippen molar-refractivity contribution in [2.75, 3.05) is 13.7 Å². The Hall–Kier alpha value is -0.173. The molecular formula is C13H23NO2S2Si. The highest BCUT2D eigenvalue weighted by Crippen LogP contribution is 2.41. The lowest BCUT2D eigenvalue weighted by Crippen LogP contribution is -2.41. The molecule has 0 spiro atoms. The van der Waals surface area contributed by atoms with Gasteiger partial charge in [-0.1, -0.05) is 47.5 Å². The molecule has 0 bridgehead atoms. The first-order chi connectivity index (χ1) is 8.76. The molecule has 0 aliphatic carbocycles. The summed E-state index contributed by atoms with van der Waals surface area (Å²) in [7, 11) is 3.31. The van der Waals surface area contributed by atoms with Crippen molar-refractivity contribution in [3.8, 4) is 0 Å². The van der Waals surface area contributed by atoms with Crippen molar-refractivity contribution in [3.63, 3.8) is 0 Å². The Labute approximate surface area is 125 Å². The topological polar surface area (TPSA) is 30.8 Å². The third-order valence-corrected chi connectivity index (χ3v) is 10.3. The highest BCUT2D eigenvalue weighted by Gasteiger charge is 2.37. The lowest BCUT2D eigenvalue weighted by molar-refractivity contribution is 0.215. The molecule has 19 heavy (non-hydrogen) atoms. The van der Waals surface area contributed by atoms with Gasteiger partial charge < -0.3 is 9.26 Å². The van der Waals surface area contributed by atoms with E-state index in [1.165, 1.54) is 4.91 Å². The van der Waals surface area contributed by atoms with Crippen molar-refractivity contribution in [1.29, 1.82) is 0 Å². The first kappa shape index (κ1) is 16.9. The molecule has 0 N–H and O–H groups in total. The predicted octanol–water partition coefficient (Wildman–Crippen LogP) is 4.80. The molecule has 0 atom stereocenters. The molecule has 6 heteroatoms. The van der Waals surface area contributed by atoms with E-state index in [0.29, 0.717) is 6.61 Å². The van der Waals surface area contributed by atoms with Crippen LogP contribution >= 0.6 is 21.6 Å². The Morgan fingerprint density at radius 3 is 2.42 bits per heavy atom. The third-order valence-electron chi connectivity index (χ3n) is 3.35. The van der Waals surface area contributed by atoms with Crippen LogP contribution in [0.3, 0.4) is 0 Å². The summed E-state index contributed by atoms with van der Waals surface area (Å²) >= 11 is 0. The van der Waals surface area contributed by atoms with E-state index < -0.39 is 8.32 Å². The van der Waals surface area contributed by atoms with Gasteiger partial charge >= 0.3 is 0 Å². The molecule has 1 rings (SSSR count). The van der Waals surface area contributed by atoms with Crippen LogP contribution in [0.25, 0.3) is 0 Å². The minimum absolute atomic E-state index is 0.256. The van der Waals surface area contributed by atoms with E-state index in [1.54, 1.807) is 34.9 Å². The van der Waals surface area contributed by atoms with Gasteiger partial charge in [0.2, 0.25) is 0 Å². The van der Waals surface area contributed by atoms with Crippen molar-refractivity contribution in [2.45, 2.75) is 38.9 Å². The van der Waals surface area contributed by atoms with Crippen molar-refractivity contribution in [3.05, 3.63) is 22.0 Å². The molecule has 0 amide bonds. The number of allylic oxidation sites excluding steroid dienone is 3. The monoisotopic (exact) mass is 317 g/mol. The van der Waals surface area contributed by atoms with E-state index in [2.05, 4.69) is 49.9 Å². The lowest BCUT2D eigenvalue weighted by atomic mass is 10.2. The maximum absolute atomic E-state index is 6.20. The van der Waals surface area contributed by atoms with Crippen LogP contribution in [0, 0.1) is 0 Å². The van der Waals surface area contributed by atoms with Crippen molar-refractivity contribution in [1.82, 2.24) is 0 Å². The molecule has 0 saturated heterocycles. The second-order valence-electron chi connectivity index (χ2n) is 5.83. The smallest absolute Gasteiger partial charge is 0.192 e. The Kier molecular flexibility index (Phi) is 6.23. The summed E-state index contributed by atoms with van der Waals surface area (Å²) in [5.41, 5.74) is 0. The molecule has 1 aliphatic rings. The van der Waals surface area contributed by atoms with Crippen LogP contribution < -0.4 is 0 Å². The average molecular weight is 318 g/mol. The van der Waals surface area contributed by atoms with Gasteiger partial charge in [-0.15, -0.1) is 0 Å². The second-order valence-corrected chi connectivity index (χ2v) is 13.0. The molecule has 1 heterocycles. The molecule has 3 nitrogen and oxygen atoms in total. The van der Waals surface area contributed by atoms with Gasteiger partial charge in [0.1, 0.15) is 7.11 Å². The Morgan fingerprint density at radius 2 is 1.95 bits per heavy atom. The molecule has 0 saturated carbocycles. The van der Waals surface area contributed by atoms with Crippen LogP contribution in [-0.2, 0) is 9.26 Å². The van der Waals surface area contributed by atoms with E-state index in [9.17, 15) is 0 Å². The van der Waals surface area contributed by atoms with Gasteiger partial charge in [0.15, 0.2) is 8.32 Å². The van der Waals surface area contributed by atoms with Gasteiger partial charge in [-0.05, 0) is 30.3 Å². The zero-order valence-corrected chi connectivity index (χ0v) is 15.2. The van der Waals surface area contributed by atoms with E-state index >= 15 is 0 Å². The number of nitrogens with zero attached hydrogens (tertiary/aromatic N) is 1. The lowest BCUT2D eigenvalue weighted by Gasteiger charge is -2.36. The minimum atomic E-state index is -1.66. The maximum atomic E-state index is 6.20. The first-order valence-corrected chi connectivity index (χ1v) is 11.3. The van der Waals surface area contributed by atoms with Gasteiger partial charge in [0.25, 0.3) is 0 Å². The van der Waals surface area contributed by atoms with Gasteiger partial charge in [-0.3, -0.25) is 0 Å². The fourth-order valence-corrected chi connectivity index (χ4v) is 3.96. The fraction of sp³-hybridized carbons (Fsp3) is 0.615. The summed E-state index contributed by atoms with van der Waals surface area (Å²) in [5, 5.41) is 4.01. The summed E-state index contributed by atoms with van der Waals surface area (Å²) in [6, 6.07) is 0. The molecular weight excluding hydrogens is 294 g/mol. The van der Waals surface area contributed by atoms with E-state index in [-0.39, 0.29) is 5.04 Å². The minimum Gasteiger partial charge on any atom is -0.412 e. The van der Waals surface area contributed by atoms with Crippen LogP contribution in [0.4, 0.5) is 0 Å². The largest absolute Gasteiger partial charge is 0.412 e. The Balaban J connectivity index is 2.55. The summed E-state index contributed by atoms with van der Waals surface area (Å²) in [4.78, 5) is 7.01. The highest BCUT2D eigenvalue weighted by molar-refractivity contribution is 8.79. The molecule has 0 aromatic carbocycles. The Bertz CT molecular complexity index is 398. The van der Waals surface area contributed by atoms with Crippen LogP contribution in [0.1, 0.15) is 20.8 Å². The van der Waals surface area contributed by atoms with Crippen LogP contribution in [0.15, 0.2) is 27.1 Å². The summed E-state index contributed by atoms with van der Waals surface area (Å²) < 4.78 is 6.20. The van der Waals surface area contributed by atoms with Gasteiger partial charge in [-0.25, -0.2) is 0 Å². The van der Waals surface area contributed by atoms with Gasteiger partial charge in [-0.2, -0.15) is 0 Å². The molecule has 108 valence electrons. The Morgan fingerprint density at radius 1 is 1.26 bits per heavy atom. The SMILES string of the molecule is CON=CC1=CC=C(CO[Si](C)(C)C(C)(C)C)SS1. The standard InChI is InChI=1S/C13H23NO2S2Si/c1-13(2,3)19(5,6)16-10-12-8-7-11(17-18-12)9-14-15-4/h7-9H,10H2,1-6H3. The van der Waals surface area contributed by atoms with E-state index in [1.807, 2.05) is 6.08 Å². The molecule has 0 aromatic rings. The van der Waals surface area contributed by atoms with Gasteiger partial charge in [0.05, 0.1) is 12.8 Å². The number of hydrogen-bond donors (Lipinski definition) is 0. The molecule has 1 aliphatic heterocycles. The van der Waals surface area contributed by atoms with Crippen molar-refractivity contribution >= 4 is 36.1 Å². The van der Waals surface area contributed by atoms with E-state index in [0.717, 1.165) is 4.91 Å². The van der Waals surface area contributed by atoms with Crippen LogP contribution in [-0.4, -0.2) is 28.2 Å². The maximum Gasteiger partial charge on any atom is 0.192 e. The van der Waals surface area contributed by atoms with Crippen LogP contribution in [0.5, 0.6) is 0 Å². The van der Waals surface area contributed by atoms with Crippen molar-refractivity contribution < 1.29 is 9.26 Å². The second kappa shape index (κ2) is 7.01. The number of oxime groups is 1. The molecule has 0 unspecified atom stereocenters. The summed E-state index contributed by atoms with van der Waals surface area (Å²) in [6.45, 7) is 12.0. The van der Waals surface area contributed by atoms with Crippen LogP contribution in [0.2, 0.25) is 18.1 Å². The van der Waals surface area contributed by atoms with Gasteiger partial charge in [0, 0.05) is 9.81 Å². The number of hydrogen-bond acceptors (Lipinski definition) is 5. The number of rotatable bonds is 5. The average Bonchev–Trinajstić information content (AvgIpc) is 2.34. The summed E-state index contributed by atoms with van der Waals surface area (Å²) in [5.74, 6) is 0. The highest BCUT2D eigenvalue weighted by atomic mass is 33.1. The zero-order valence-electron chi connectivity index (χ0n) is 12.5. The molecule has 0 radical (unpaired) electrons. The fourth-order valence-electron chi connectivity index (χ4n) is 1.04. The normalized spacial score (nSPS) is 17.4. The summed E-state index contributed by atoms with van der Waals surface area (Å²) in [6.07, 6.45) is 5.87. The zero-order chi connectivity index (χ0) is 14.5. The first-order valence-electron chi connectivity index (χ1n) is 6.22. The van der Waals surface area contributed by atoms with Crippen molar-refractivity contribution in [2.24, 2.45) is 5.16 Å². The quantitative estimate of drug-likeness (QED) is 0.315. The predicted molar refractivity (Wildman–Crippen MR) is 90.0 cm³/mol. The van der Waals surface area contributed by atoms with E-state index in [4.69, 9.17) is 4.43 Å².